The number of nitrogens with two attached hydrogens (primary N) is 1. The molecule has 0 heterocycles. The molecule has 1 aromatic rings. The summed E-state index contributed by atoms with van der Waals surface area (Å²) in [5.41, 5.74) is 6.77. The summed E-state index contributed by atoms with van der Waals surface area (Å²) in [6, 6.07) is 3.24. The first-order valence-electron chi connectivity index (χ1n) is 6.01. The fourth-order valence-electron chi connectivity index (χ4n) is 1.56. The zero-order chi connectivity index (χ0) is 14.5. The molecule has 0 saturated carbocycles. The highest BCUT2D eigenvalue weighted by Crippen LogP contribution is 2.26. The zero-order valence-corrected chi connectivity index (χ0v) is 13.5. The molecule has 0 aromatic heterocycles. The van der Waals surface area contributed by atoms with Crippen molar-refractivity contribution in [2.45, 2.75) is 25.2 Å². The van der Waals surface area contributed by atoms with Gasteiger partial charge in [0.05, 0.1) is 4.90 Å². The first-order chi connectivity index (χ1) is 8.88. The first kappa shape index (κ1) is 16.4. The molecule has 0 aliphatic carbocycles. The first-order valence-corrected chi connectivity index (χ1v) is 8.29. The largest absolute Gasteiger partial charge is 0.398 e. The molecule has 7 heteroatoms. The summed E-state index contributed by atoms with van der Waals surface area (Å²) in [6.45, 7) is 5.11. The van der Waals surface area contributed by atoms with E-state index >= 15 is 0 Å². The Kier molecular flexibility index (Phi) is 6.25. The van der Waals surface area contributed by atoms with Gasteiger partial charge < -0.3 is 10.5 Å². The van der Waals surface area contributed by atoms with Crippen LogP contribution in [0.25, 0.3) is 0 Å². The molecule has 1 aromatic carbocycles. The lowest BCUT2D eigenvalue weighted by Crippen LogP contribution is -2.26. The van der Waals surface area contributed by atoms with Crippen LogP contribution in [0.2, 0.25) is 0 Å². The molecule has 0 amide bonds. The number of hydrogen-bond acceptors (Lipinski definition) is 4. The van der Waals surface area contributed by atoms with Crippen molar-refractivity contribution < 1.29 is 13.2 Å². The molecule has 0 bridgehead atoms. The van der Waals surface area contributed by atoms with Gasteiger partial charge in [0.2, 0.25) is 10.0 Å². The van der Waals surface area contributed by atoms with Crippen LogP contribution in [0.5, 0.6) is 0 Å². The fraction of sp³-hybridized carbons (Fsp3) is 0.500. The van der Waals surface area contributed by atoms with Crippen LogP contribution in [0.1, 0.15) is 18.9 Å². The molecule has 108 valence electrons. The van der Waals surface area contributed by atoms with Crippen molar-refractivity contribution in [3.63, 3.8) is 0 Å². The zero-order valence-electron chi connectivity index (χ0n) is 11.1. The lowest BCUT2D eigenvalue weighted by atomic mass is 10.2. The summed E-state index contributed by atoms with van der Waals surface area (Å²) in [7, 11) is -3.54. The monoisotopic (exact) mass is 350 g/mol. The average molecular weight is 351 g/mol. The van der Waals surface area contributed by atoms with Crippen molar-refractivity contribution >= 4 is 31.6 Å². The molecule has 0 spiro atoms. The van der Waals surface area contributed by atoms with Gasteiger partial charge in [-0.3, -0.25) is 0 Å². The van der Waals surface area contributed by atoms with Crippen LogP contribution < -0.4 is 10.5 Å². The Labute approximate surface area is 122 Å². The van der Waals surface area contributed by atoms with Crippen molar-refractivity contribution in [3.05, 3.63) is 22.2 Å². The number of nitrogen functional groups attached to an aromatic ring is 1. The number of anilines is 1. The van der Waals surface area contributed by atoms with E-state index in [2.05, 4.69) is 20.7 Å². The number of hydrogen-bond donors (Lipinski definition) is 2. The van der Waals surface area contributed by atoms with Crippen molar-refractivity contribution in [2.24, 2.45) is 0 Å². The molecule has 5 nitrogen and oxygen atoms in total. The van der Waals surface area contributed by atoms with Gasteiger partial charge in [0.15, 0.2) is 0 Å². The second kappa shape index (κ2) is 7.23. The Hall–Kier alpha value is -0.630. The lowest BCUT2D eigenvalue weighted by molar-refractivity contribution is 0.146. The van der Waals surface area contributed by atoms with Crippen molar-refractivity contribution in [1.29, 1.82) is 0 Å². The summed E-state index contributed by atoms with van der Waals surface area (Å²) >= 11 is 3.25. The van der Waals surface area contributed by atoms with Gasteiger partial charge in [-0.25, -0.2) is 13.1 Å². The normalized spacial score (nSPS) is 11.7. The Morgan fingerprint density at radius 3 is 2.74 bits per heavy atom. The number of benzene rings is 1. The third-order valence-electron chi connectivity index (χ3n) is 2.62. The van der Waals surface area contributed by atoms with E-state index in [0.29, 0.717) is 41.9 Å². The van der Waals surface area contributed by atoms with Gasteiger partial charge in [-0.05, 0) is 38.0 Å². The summed E-state index contributed by atoms with van der Waals surface area (Å²) in [4.78, 5) is 0.204. The molecular weight excluding hydrogens is 332 g/mol. The SMILES string of the molecule is CCOCCCNS(=O)(=O)c1cc(Br)cc(N)c1C. The number of halogens is 1. The quantitative estimate of drug-likeness (QED) is 0.582. The third-order valence-corrected chi connectivity index (χ3v) is 4.66. The van der Waals surface area contributed by atoms with Crippen LogP contribution in [0.4, 0.5) is 5.69 Å². The average Bonchev–Trinajstić information content (AvgIpc) is 2.33. The van der Waals surface area contributed by atoms with E-state index in [1.54, 1.807) is 19.1 Å². The lowest BCUT2D eigenvalue weighted by Gasteiger charge is -2.11. The minimum absolute atomic E-state index is 0.204. The molecule has 0 radical (unpaired) electrons. The number of ether oxygens (including phenoxy) is 1. The maximum Gasteiger partial charge on any atom is 0.240 e. The highest BCUT2D eigenvalue weighted by atomic mass is 79.9. The Morgan fingerprint density at radius 1 is 1.42 bits per heavy atom. The number of rotatable bonds is 7. The standard InChI is InChI=1S/C12H19BrN2O3S/c1-3-18-6-4-5-15-19(16,17)12-8-10(13)7-11(14)9(12)2/h7-8,15H,3-6,14H2,1-2H3. The van der Waals surface area contributed by atoms with Gasteiger partial charge in [0, 0.05) is 29.9 Å². The van der Waals surface area contributed by atoms with E-state index in [-0.39, 0.29) is 4.90 Å². The summed E-state index contributed by atoms with van der Waals surface area (Å²) in [5.74, 6) is 0. The molecule has 1 rings (SSSR count). The Balaban J connectivity index is 2.78. The highest BCUT2D eigenvalue weighted by Gasteiger charge is 2.18. The minimum Gasteiger partial charge on any atom is -0.398 e. The molecule has 3 N–H and O–H groups in total. The minimum atomic E-state index is -3.54. The molecule has 0 aliphatic rings. The van der Waals surface area contributed by atoms with Crippen LogP contribution >= 0.6 is 15.9 Å². The van der Waals surface area contributed by atoms with Crippen LogP contribution in [0.3, 0.4) is 0 Å². The fourth-order valence-corrected chi connectivity index (χ4v) is 3.55. The smallest absolute Gasteiger partial charge is 0.240 e. The summed E-state index contributed by atoms with van der Waals surface area (Å²) in [6.07, 6.45) is 0.635. The van der Waals surface area contributed by atoms with Gasteiger partial charge in [-0.2, -0.15) is 0 Å². The van der Waals surface area contributed by atoms with E-state index in [1.807, 2.05) is 6.92 Å². The van der Waals surface area contributed by atoms with Crippen LogP contribution in [0.15, 0.2) is 21.5 Å². The second-order valence-corrected chi connectivity index (χ2v) is 6.72. The predicted octanol–water partition coefficient (Wildman–Crippen LogP) is 2.04. The maximum atomic E-state index is 12.2. The molecule has 0 saturated heterocycles. The van der Waals surface area contributed by atoms with Crippen LogP contribution in [-0.2, 0) is 14.8 Å². The number of sulfonamides is 1. The van der Waals surface area contributed by atoms with Gasteiger partial charge in [0.25, 0.3) is 0 Å². The highest BCUT2D eigenvalue weighted by molar-refractivity contribution is 9.10. The number of nitrogens with one attached hydrogen (secondary N) is 1. The van der Waals surface area contributed by atoms with Gasteiger partial charge >= 0.3 is 0 Å². The molecule has 0 atom stereocenters. The van der Waals surface area contributed by atoms with E-state index in [4.69, 9.17) is 10.5 Å². The van der Waals surface area contributed by atoms with Crippen LogP contribution in [0, 0.1) is 6.92 Å². The van der Waals surface area contributed by atoms with E-state index in [0.717, 1.165) is 0 Å². The maximum absolute atomic E-state index is 12.2. The summed E-state index contributed by atoms with van der Waals surface area (Å²) in [5, 5.41) is 0. The Morgan fingerprint density at radius 2 is 2.11 bits per heavy atom. The van der Waals surface area contributed by atoms with Crippen molar-refractivity contribution in [1.82, 2.24) is 4.72 Å². The van der Waals surface area contributed by atoms with Crippen molar-refractivity contribution in [2.75, 3.05) is 25.5 Å². The second-order valence-electron chi connectivity index (χ2n) is 4.07. The third kappa shape index (κ3) is 4.76. The molecule has 0 fully saturated rings. The van der Waals surface area contributed by atoms with Gasteiger partial charge in [-0.1, -0.05) is 15.9 Å². The van der Waals surface area contributed by atoms with Gasteiger partial charge in [-0.15, -0.1) is 0 Å². The molecular formula is C12H19BrN2O3S. The molecule has 0 aliphatic heterocycles. The van der Waals surface area contributed by atoms with Gasteiger partial charge in [0.1, 0.15) is 0 Å². The summed E-state index contributed by atoms with van der Waals surface area (Å²) < 4.78 is 32.7. The molecule has 0 unspecified atom stereocenters. The van der Waals surface area contributed by atoms with Crippen LogP contribution in [-0.4, -0.2) is 28.2 Å². The van der Waals surface area contributed by atoms with E-state index in [9.17, 15) is 8.42 Å². The van der Waals surface area contributed by atoms with E-state index < -0.39 is 10.0 Å². The van der Waals surface area contributed by atoms with E-state index in [1.165, 1.54) is 0 Å². The van der Waals surface area contributed by atoms with Crippen molar-refractivity contribution in [3.8, 4) is 0 Å². The molecule has 19 heavy (non-hydrogen) atoms. The topological polar surface area (TPSA) is 81.4 Å². The Bertz CT molecular complexity index is 532. The predicted molar refractivity (Wildman–Crippen MR) is 79.6 cm³/mol.